The smallest absolute Gasteiger partial charge is 0.0215 e. The zero-order valence-electron chi connectivity index (χ0n) is 11.1. The Hall–Kier alpha value is -0.0800. The number of rotatable bonds is 7. The maximum Gasteiger partial charge on any atom is 0.0215 e. The number of nitrogens with zero attached hydrogens (tertiary/aromatic N) is 1. The van der Waals surface area contributed by atoms with Crippen LogP contribution in [0.25, 0.3) is 0 Å². The Morgan fingerprint density at radius 1 is 1.40 bits per heavy atom. The highest BCUT2D eigenvalue weighted by atomic mass is 15.2. The van der Waals surface area contributed by atoms with Crippen LogP contribution in [0, 0.1) is 11.8 Å². The number of hydrogen-bond donors (Lipinski definition) is 1. The predicted molar refractivity (Wildman–Crippen MR) is 67.1 cm³/mol. The van der Waals surface area contributed by atoms with Crippen molar-refractivity contribution in [2.24, 2.45) is 11.8 Å². The summed E-state index contributed by atoms with van der Waals surface area (Å²) in [6.45, 7) is 11.5. The second kappa shape index (κ2) is 5.86. The Morgan fingerprint density at radius 3 is 2.40 bits per heavy atom. The van der Waals surface area contributed by atoms with Crippen molar-refractivity contribution in [2.45, 2.75) is 52.6 Å². The summed E-state index contributed by atoms with van der Waals surface area (Å²) in [5, 5.41) is 3.54. The molecule has 0 aliphatic heterocycles. The van der Waals surface area contributed by atoms with Gasteiger partial charge in [-0.25, -0.2) is 0 Å². The molecule has 0 aromatic carbocycles. The second-order valence-electron chi connectivity index (χ2n) is 5.54. The second-order valence-corrected chi connectivity index (χ2v) is 5.54. The molecule has 1 saturated carbocycles. The first-order chi connectivity index (χ1) is 7.04. The Bertz CT molecular complexity index is 179. The topological polar surface area (TPSA) is 15.3 Å². The minimum absolute atomic E-state index is 0.604. The third kappa shape index (κ3) is 4.52. The first-order valence-corrected chi connectivity index (χ1v) is 6.48. The lowest BCUT2D eigenvalue weighted by atomic mass is 10.1. The third-order valence-electron chi connectivity index (χ3n) is 3.65. The van der Waals surface area contributed by atoms with Crippen molar-refractivity contribution in [1.82, 2.24) is 10.2 Å². The van der Waals surface area contributed by atoms with E-state index in [1.165, 1.54) is 19.4 Å². The van der Waals surface area contributed by atoms with Gasteiger partial charge in [-0.3, -0.25) is 0 Å². The van der Waals surface area contributed by atoms with E-state index in [1.54, 1.807) is 0 Å². The molecule has 1 aliphatic carbocycles. The Morgan fingerprint density at radius 2 is 2.00 bits per heavy atom. The standard InChI is InChI=1S/C13H28N2/c1-6-13(8-14-10(2)3)15(5)9-12-7-11(12)4/h10-14H,6-9H2,1-5H3. The van der Waals surface area contributed by atoms with E-state index in [-0.39, 0.29) is 0 Å². The van der Waals surface area contributed by atoms with E-state index in [1.807, 2.05) is 0 Å². The Balaban J connectivity index is 2.23. The lowest BCUT2D eigenvalue weighted by Gasteiger charge is -2.28. The highest BCUT2D eigenvalue weighted by Gasteiger charge is 2.34. The first kappa shape index (κ1) is 13.0. The molecular weight excluding hydrogens is 184 g/mol. The molecule has 3 unspecified atom stereocenters. The van der Waals surface area contributed by atoms with Crippen LogP contribution in [0.15, 0.2) is 0 Å². The van der Waals surface area contributed by atoms with Crippen LogP contribution in [0.2, 0.25) is 0 Å². The molecule has 1 aliphatic rings. The predicted octanol–water partition coefficient (Wildman–Crippen LogP) is 2.35. The van der Waals surface area contributed by atoms with Crippen LogP contribution in [0.4, 0.5) is 0 Å². The monoisotopic (exact) mass is 212 g/mol. The summed E-state index contributed by atoms with van der Waals surface area (Å²) < 4.78 is 0. The molecule has 15 heavy (non-hydrogen) atoms. The zero-order valence-corrected chi connectivity index (χ0v) is 11.1. The van der Waals surface area contributed by atoms with E-state index in [0.717, 1.165) is 18.4 Å². The van der Waals surface area contributed by atoms with Gasteiger partial charge in [0.1, 0.15) is 0 Å². The van der Waals surface area contributed by atoms with E-state index in [2.05, 4.69) is 45.0 Å². The highest BCUT2D eigenvalue weighted by Crippen LogP contribution is 2.38. The molecule has 0 aromatic rings. The minimum Gasteiger partial charge on any atom is -0.313 e. The van der Waals surface area contributed by atoms with Crippen molar-refractivity contribution in [1.29, 1.82) is 0 Å². The van der Waals surface area contributed by atoms with Gasteiger partial charge in [-0.2, -0.15) is 0 Å². The van der Waals surface area contributed by atoms with Crippen molar-refractivity contribution in [3.63, 3.8) is 0 Å². The van der Waals surface area contributed by atoms with Crippen LogP contribution in [0.3, 0.4) is 0 Å². The van der Waals surface area contributed by atoms with Crippen LogP contribution < -0.4 is 5.32 Å². The zero-order chi connectivity index (χ0) is 11.4. The number of hydrogen-bond acceptors (Lipinski definition) is 2. The quantitative estimate of drug-likeness (QED) is 0.697. The minimum atomic E-state index is 0.604. The Kier molecular flexibility index (Phi) is 5.07. The van der Waals surface area contributed by atoms with Gasteiger partial charge in [0.05, 0.1) is 0 Å². The van der Waals surface area contributed by atoms with Crippen LogP contribution >= 0.6 is 0 Å². The van der Waals surface area contributed by atoms with Crippen LogP contribution in [0.5, 0.6) is 0 Å². The molecule has 1 rings (SSSR count). The molecule has 0 spiro atoms. The fraction of sp³-hybridized carbons (Fsp3) is 1.00. The summed E-state index contributed by atoms with van der Waals surface area (Å²) in [7, 11) is 2.28. The highest BCUT2D eigenvalue weighted by molar-refractivity contribution is 4.86. The molecule has 0 heterocycles. The average molecular weight is 212 g/mol. The van der Waals surface area contributed by atoms with Crippen molar-refractivity contribution < 1.29 is 0 Å². The van der Waals surface area contributed by atoms with E-state index in [4.69, 9.17) is 0 Å². The summed E-state index contributed by atoms with van der Waals surface area (Å²) >= 11 is 0. The maximum absolute atomic E-state index is 3.54. The van der Waals surface area contributed by atoms with Crippen LogP contribution in [0.1, 0.15) is 40.5 Å². The van der Waals surface area contributed by atoms with Gasteiger partial charge >= 0.3 is 0 Å². The normalized spacial score (nSPS) is 27.4. The third-order valence-corrected chi connectivity index (χ3v) is 3.65. The molecule has 0 amide bonds. The molecule has 1 N–H and O–H groups in total. The van der Waals surface area contributed by atoms with Crippen molar-refractivity contribution in [3.8, 4) is 0 Å². The van der Waals surface area contributed by atoms with Gasteiger partial charge in [-0.05, 0) is 31.7 Å². The molecule has 1 fully saturated rings. The Labute approximate surface area is 95.4 Å². The molecule has 90 valence electrons. The van der Waals surface area contributed by atoms with E-state index >= 15 is 0 Å². The summed E-state index contributed by atoms with van der Waals surface area (Å²) in [6.07, 6.45) is 2.69. The van der Waals surface area contributed by atoms with Gasteiger partial charge in [0.25, 0.3) is 0 Å². The molecular formula is C13H28N2. The van der Waals surface area contributed by atoms with Gasteiger partial charge in [0.15, 0.2) is 0 Å². The SMILES string of the molecule is CCC(CNC(C)C)N(C)CC1CC1C. The van der Waals surface area contributed by atoms with E-state index < -0.39 is 0 Å². The number of likely N-dealkylation sites (N-methyl/N-ethyl adjacent to an activating group) is 1. The van der Waals surface area contributed by atoms with Gasteiger partial charge in [0.2, 0.25) is 0 Å². The fourth-order valence-electron chi connectivity index (χ4n) is 2.16. The molecule has 0 radical (unpaired) electrons. The lowest BCUT2D eigenvalue weighted by molar-refractivity contribution is 0.215. The molecule has 0 bridgehead atoms. The molecule has 2 nitrogen and oxygen atoms in total. The van der Waals surface area contributed by atoms with Crippen molar-refractivity contribution in [2.75, 3.05) is 20.1 Å². The maximum atomic E-state index is 3.54. The van der Waals surface area contributed by atoms with Crippen molar-refractivity contribution in [3.05, 3.63) is 0 Å². The fourth-order valence-corrected chi connectivity index (χ4v) is 2.16. The number of nitrogens with one attached hydrogen (secondary N) is 1. The largest absolute Gasteiger partial charge is 0.313 e. The van der Waals surface area contributed by atoms with Gasteiger partial charge < -0.3 is 10.2 Å². The summed E-state index contributed by atoms with van der Waals surface area (Å²) in [5.74, 6) is 1.95. The van der Waals surface area contributed by atoms with Gasteiger partial charge in [0, 0.05) is 25.2 Å². The summed E-state index contributed by atoms with van der Waals surface area (Å²) in [5.41, 5.74) is 0. The molecule has 3 atom stereocenters. The van der Waals surface area contributed by atoms with Gasteiger partial charge in [-0.15, -0.1) is 0 Å². The van der Waals surface area contributed by atoms with Crippen molar-refractivity contribution >= 4 is 0 Å². The van der Waals surface area contributed by atoms with Crippen LogP contribution in [-0.2, 0) is 0 Å². The van der Waals surface area contributed by atoms with E-state index in [9.17, 15) is 0 Å². The van der Waals surface area contributed by atoms with Crippen LogP contribution in [-0.4, -0.2) is 37.1 Å². The first-order valence-electron chi connectivity index (χ1n) is 6.48. The van der Waals surface area contributed by atoms with Gasteiger partial charge in [-0.1, -0.05) is 27.7 Å². The van der Waals surface area contributed by atoms with E-state index in [0.29, 0.717) is 12.1 Å². The molecule has 0 saturated heterocycles. The summed E-state index contributed by atoms with van der Waals surface area (Å²) in [4.78, 5) is 2.55. The molecule has 2 heteroatoms. The average Bonchev–Trinajstić information content (AvgIpc) is 2.82. The summed E-state index contributed by atoms with van der Waals surface area (Å²) in [6, 6.07) is 1.31. The lowest BCUT2D eigenvalue weighted by Crippen LogP contribution is -2.42. The molecule has 0 aromatic heterocycles.